The Bertz CT molecular complexity index is 1280. The zero-order chi connectivity index (χ0) is 24.6. The minimum Gasteiger partial charge on any atom is -0.390 e. The number of piperidine rings is 1. The Kier molecular flexibility index (Phi) is 6.53. The van der Waals surface area contributed by atoms with Gasteiger partial charge in [0, 0.05) is 30.2 Å². The van der Waals surface area contributed by atoms with Crippen LogP contribution in [-0.4, -0.2) is 48.0 Å². The normalized spacial score (nSPS) is 16.5. The molecule has 1 fully saturated rings. The lowest BCUT2D eigenvalue weighted by atomic mass is 9.77. The van der Waals surface area contributed by atoms with E-state index in [0.29, 0.717) is 49.0 Å². The zero-order valence-corrected chi connectivity index (χ0v) is 20.8. The first kappa shape index (κ1) is 24.4. The molecule has 3 aromatic rings. The molecule has 1 aliphatic heterocycles. The largest absolute Gasteiger partial charge is 0.390 e. The molecule has 0 saturated carbocycles. The quantitative estimate of drug-likeness (QED) is 0.576. The van der Waals surface area contributed by atoms with Gasteiger partial charge in [0.05, 0.1) is 21.8 Å². The summed E-state index contributed by atoms with van der Waals surface area (Å²) in [6.07, 6.45) is 3.42. The summed E-state index contributed by atoms with van der Waals surface area (Å²) in [4.78, 5) is 19.2. The van der Waals surface area contributed by atoms with Crippen LogP contribution in [0.25, 0.3) is 10.9 Å². The second-order valence-electron chi connectivity index (χ2n) is 10.5. The summed E-state index contributed by atoms with van der Waals surface area (Å²) < 4.78 is 26.2. The highest BCUT2D eigenvalue weighted by Crippen LogP contribution is 2.35. The zero-order valence-electron chi connectivity index (χ0n) is 20.0. The molecule has 1 N–H and O–H groups in total. The van der Waals surface area contributed by atoms with Crippen LogP contribution in [0, 0.1) is 5.41 Å². The second kappa shape index (κ2) is 9.12. The molecular formula is C27H32N2O4S. The topological polar surface area (TPSA) is 87.6 Å². The van der Waals surface area contributed by atoms with E-state index in [-0.39, 0.29) is 22.0 Å². The molecule has 1 amide bonds. The van der Waals surface area contributed by atoms with Crippen LogP contribution in [0.2, 0.25) is 0 Å². The Morgan fingerprint density at radius 2 is 1.68 bits per heavy atom. The molecular weight excluding hydrogens is 448 g/mol. The fraction of sp³-hybridized carbons (Fsp3) is 0.407. The maximum atomic E-state index is 13.1. The number of hydrogen-bond donors (Lipinski definition) is 1. The molecule has 0 bridgehead atoms. The van der Waals surface area contributed by atoms with Crippen molar-refractivity contribution >= 4 is 26.6 Å². The molecule has 1 saturated heterocycles. The number of sulfone groups is 1. The number of nitrogens with zero attached hydrogens (tertiary/aromatic N) is 2. The Hall–Kier alpha value is -2.77. The molecule has 180 valence electrons. The number of likely N-dealkylation sites (tertiary alicyclic amines) is 1. The van der Waals surface area contributed by atoms with Crippen LogP contribution in [0.4, 0.5) is 0 Å². The first-order chi connectivity index (χ1) is 16.0. The molecule has 2 heterocycles. The van der Waals surface area contributed by atoms with Crippen LogP contribution in [0.3, 0.4) is 0 Å². The average molecular weight is 481 g/mol. The smallest absolute Gasteiger partial charge is 0.253 e. The highest BCUT2D eigenvalue weighted by atomic mass is 32.2. The summed E-state index contributed by atoms with van der Waals surface area (Å²) in [5.41, 5.74) is 0.897. The van der Waals surface area contributed by atoms with E-state index in [1.165, 1.54) is 0 Å². The van der Waals surface area contributed by atoms with E-state index in [0.717, 1.165) is 5.39 Å². The number of carbonyl (C=O) groups is 1. The molecule has 0 aliphatic carbocycles. The predicted molar refractivity (Wildman–Crippen MR) is 133 cm³/mol. The lowest BCUT2D eigenvalue weighted by Gasteiger charge is -2.41. The SMILES string of the molecule is CC(C)(C)CC1(O)CCN(C(=O)c2ccc(CS(=O)(=O)c3cccc4cccnc34)cc2)CC1. The number of fused-ring (bicyclic) bond motifs is 1. The van der Waals surface area contributed by atoms with Crippen molar-refractivity contribution in [2.24, 2.45) is 5.41 Å². The minimum atomic E-state index is -3.61. The Morgan fingerprint density at radius 1 is 1.03 bits per heavy atom. The first-order valence-electron chi connectivity index (χ1n) is 11.6. The summed E-state index contributed by atoms with van der Waals surface area (Å²) in [5.74, 6) is -0.258. The number of aromatic nitrogens is 1. The van der Waals surface area contributed by atoms with Crippen LogP contribution >= 0.6 is 0 Å². The minimum absolute atomic E-state index is 0.0270. The van der Waals surface area contributed by atoms with Crippen molar-refractivity contribution in [2.45, 2.75) is 56.3 Å². The molecule has 6 nitrogen and oxygen atoms in total. The number of aliphatic hydroxyl groups is 1. The number of benzene rings is 2. The van der Waals surface area contributed by atoms with Gasteiger partial charge in [0.1, 0.15) is 0 Å². The van der Waals surface area contributed by atoms with Gasteiger partial charge in [-0.05, 0) is 54.5 Å². The highest BCUT2D eigenvalue weighted by molar-refractivity contribution is 7.90. The van der Waals surface area contributed by atoms with Gasteiger partial charge >= 0.3 is 0 Å². The van der Waals surface area contributed by atoms with Crippen molar-refractivity contribution in [3.63, 3.8) is 0 Å². The Labute approximate surface area is 201 Å². The van der Waals surface area contributed by atoms with Gasteiger partial charge in [0.25, 0.3) is 5.91 Å². The van der Waals surface area contributed by atoms with E-state index >= 15 is 0 Å². The summed E-state index contributed by atoms with van der Waals surface area (Å²) in [6.45, 7) is 7.36. The Morgan fingerprint density at radius 3 is 2.32 bits per heavy atom. The molecule has 0 spiro atoms. The lowest BCUT2D eigenvalue weighted by molar-refractivity contribution is -0.0436. The van der Waals surface area contributed by atoms with Crippen molar-refractivity contribution in [3.8, 4) is 0 Å². The van der Waals surface area contributed by atoms with E-state index in [9.17, 15) is 18.3 Å². The standard InChI is InChI=1S/C27H32N2O4S/c1-26(2,3)19-27(31)13-16-29(17-14-27)25(30)22-11-9-20(10-12-22)18-34(32,33)23-8-4-6-21-7-5-15-28-24(21)23/h4-12,15,31H,13-14,16-19H2,1-3H3. The summed E-state index contributed by atoms with van der Waals surface area (Å²) in [5, 5.41) is 11.7. The van der Waals surface area contributed by atoms with Gasteiger partial charge in [0.15, 0.2) is 9.84 Å². The fourth-order valence-electron chi connectivity index (χ4n) is 4.84. The average Bonchev–Trinajstić information content (AvgIpc) is 2.77. The molecule has 1 aromatic heterocycles. The fourth-order valence-corrected chi connectivity index (χ4v) is 6.38. The number of hydrogen-bond acceptors (Lipinski definition) is 5. The van der Waals surface area contributed by atoms with Gasteiger partial charge in [-0.15, -0.1) is 0 Å². The van der Waals surface area contributed by atoms with Crippen molar-refractivity contribution < 1.29 is 18.3 Å². The third-order valence-electron chi connectivity index (χ3n) is 6.33. The predicted octanol–water partition coefficient (Wildman–Crippen LogP) is 4.61. The van der Waals surface area contributed by atoms with Gasteiger partial charge < -0.3 is 10.0 Å². The monoisotopic (exact) mass is 480 g/mol. The van der Waals surface area contributed by atoms with Gasteiger partial charge in [0.2, 0.25) is 0 Å². The van der Waals surface area contributed by atoms with Gasteiger partial charge in [-0.2, -0.15) is 0 Å². The maximum Gasteiger partial charge on any atom is 0.253 e. The van der Waals surface area contributed by atoms with E-state index in [2.05, 4.69) is 25.8 Å². The van der Waals surface area contributed by atoms with Crippen molar-refractivity contribution in [1.29, 1.82) is 0 Å². The number of para-hydroxylation sites is 1. The highest BCUT2D eigenvalue weighted by Gasteiger charge is 2.37. The number of rotatable bonds is 5. The number of amides is 1. The van der Waals surface area contributed by atoms with Crippen molar-refractivity contribution in [3.05, 3.63) is 71.9 Å². The van der Waals surface area contributed by atoms with Crippen molar-refractivity contribution in [1.82, 2.24) is 9.88 Å². The van der Waals surface area contributed by atoms with Crippen molar-refractivity contribution in [2.75, 3.05) is 13.1 Å². The van der Waals surface area contributed by atoms with E-state index in [1.807, 2.05) is 12.1 Å². The summed E-state index contributed by atoms with van der Waals surface area (Å²) in [6, 6.07) is 15.5. The van der Waals surface area contributed by atoms with Gasteiger partial charge in [-0.3, -0.25) is 9.78 Å². The van der Waals surface area contributed by atoms with E-state index < -0.39 is 15.4 Å². The molecule has 7 heteroatoms. The van der Waals surface area contributed by atoms with Crippen LogP contribution in [0.5, 0.6) is 0 Å². The molecule has 34 heavy (non-hydrogen) atoms. The lowest BCUT2D eigenvalue weighted by Crippen LogP contribution is -2.48. The van der Waals surface area contributed by atoms with Crippen LogP contribution in [0.15, 0.2) is 65.7 Å². The van der Waals surface area contributed by atoms with Crippen LogP contribution in [0.1, 0.15) is 56.0 Å². The molecule has 1 aliphatic rings. The molecule has 2 aromatic carbocycles. The van der Waals surface area contributed by atoms with E-state index in [4.69, 9.17) is 0 Å². The third-order valence-corrected chi connectivity index (χ3v) is 8.04. The molecule has 0 unspecified atom stereocenters. The van der Waals surface area contributed by atoms with E-state index in [1.54, 1.807) is 53.6 Å². The summed E-state index contributed by atoms with van der Waals surface area (Å²) >= 11 is 0. The third kappa shape index (κ3) is 5.47. The number of pyridine rings is 1. The number of carbonyl (C=O) groups excluding carboxylic acids is 1. The first-order valence-corrected chi connectivity index (χ1v) is 13.3. The second-order valence-corrected chi connectivity index (χ2v) is 12.5. The maximum absolute atomic E-state index is 13.1. The Balaban J connectivity index is 1.44. The van der Waals surface area contributed by atoms with Crippen LogP contribution < -0.4 is 0 Å². The molecule has 4 rings (SSSR count). The van der Waals surface area contributed by atoms with Gasteiger partial charge in [-0.1, -0.05) is 51.1 Å². The molecule has 0 atom stereocenters. The van der Waals surface area contributed by atoms with Crippen LogP contribution in [-0.2, 0) is 15.6 Å². The van der Waals surface area contributed by atoms with Gasteiger partial charge in [-0.25, -0.2) is 8.42 Å². The summed E-state index contributed by atoms with van der Waals surface area (Å²) in [7, 11) is -3.61. The molecule has 0 radical (unpaired) electrons.